The molecule has 4 rings (SSSR count). The summed E-state index contributed by atoms with van der Waals surface area (Å²) in [4.78, 5) is 6.66. The molecule has 0 unspecified atom stereocenters. The summed E-state index contributed by atoms with van der Waals surface area (Å²) in [6.45, 7) is 0. The van der Waals surface area contributed by atoms with Gasteiger partial charge < -0.3 is 4.90 Å². The van der Waals surface area contributed by atoms with Crippen molar-refractivity contribution in [2.75, 3.05) is 16.4 Å². The van der Waals surface area contributed by atoms with Crippen LogP contribution in [0.15, 0.2) is 47.5 Å². The van der Waals surface area contributed by atoms with E-state index in [1.54, 1.807) is 18.2 Å². The Morgan fingerprint density at radius 2 is 1.78 bits per heavy atom. The van der Waals surface area contributed by atoms with Crippen molar-refractivity contribution >= 4 is 67.3 Å². The lowest BCUT2D eigenvalue weighted by atomic mass is 10.1. The Balaban J connectivity index is 1.66. The number of thioether (sulfide) groups is 1. The van der Waals surface area contributed by atoms with Crippen LogP contribution in [0.1, 0.15) is 5.56 Å². The van der Waals surface area contributed by atoms with Crippen LogP contribution >= 0.6 is 46.6 Å². The van der Waals surface area contributed by atoms with Crippen molar-refractivity contribution < 1.29 is 8.42 Å². The molecule has 0 aliphatic carbocycles. The van der Waals surface area contributed by atoms with E-state index in [2.05, 4.69) is 0 Å². The number of rotatable bonds is 3. The molecule has 2 aromatic carbocycles. The van der Waals surface area contributed by atoms with Crippen molar-refractivity contribution in [3.63, 3.8) is 0 Å². The molecule has 4 nitrogen and oxygen atoms in total. The molecule has 0 radical (unpaired) electrons. The summed E-state index contributed by atoms with van der Waals surface area (Å²) in [5.41, 5.74) is 1.75. The van der Waals surface area contributed by atoms with Crippen molar-refractivity contribution in [3.05, 3.63) is 63.1 Å². The molecule has 1 fully saturated rings. The van der Waals surface area contributed by atoms with E-state index in [0.29, 0.717) is 20.8 Å². The quantitative estimate of drug-likeness (QED) is 0.651. The second kappa shape index (κ2) is 7.48. The number of hydrogen-bond donors (Lipinski definition) is 0. The minimum Gasteiger partial charge on any atom is -0.315 e. The van der Waals surface area contributed by atoms with Gasteiger partial charge in [0.1, 0.15) is 0 Å². The molecule has 27 heavy (non-hydrogen) atoms. The summed E-state index contributed by atoms with van der Waals surface area (Å²) < 4.78 is 24.2. The lowest BCUT2D eigenvalue weighted by molar-refractivity contribution is 0.601. The molecule has 2 heterocycles. The molecule has 0 aromatic heterocycles. The van der Waals surface area contributed by atoms with Crippen LogP contribution in [0.25, 0.3) is 0 Å². The smallest absolute Gasteiger partial charge is 0.164 e. The summed E-state index contributed by atoms with van der Waals surface area (Å²) in [5.74, 6) is 0.773. The van der Waals surface area contributed by atoms with E-state index in [0.717, 1.165) is 16.4 Å². The molecule has 9 heteroatoms. The van der Waals surface area contributed by atoms with Gasteiger partial charge in [-0.2, -0.15) is 0 Å². The topological polar surface area (TPSA) is 49.7 Å². The van der Waals surface area contributed by atoms with E-state index in [1.807, 2.05) is 29.2 Å². The monoisotopic (exact) mass is 460 g/mol. The summed E-state index contributed by atoms with van der Waals surface area (Å²) >= 11 is 20.1. The van der Waals surface area contributed by atoms with Crippen LogP contribution in [-0.2, 0) is 15.6 Å². The summed E-state index contributed by atoms with van der Waals surface area (Å²) in [5, 5.41) is 2.45. The summed E-state index contributed by atoms with van der Waals surface area (Å²) in [7, 11) is -3.11. The Kier molecular flexibility index (Phi) is 5.38. The molecule has 142 valence electrons. The molecular formula is C18H15Cl3N2O2S2. The normalized spacial score (nSPS) is 23.4. The van der Waals surface area contributed by atoms with Crippen molar-refractivity contribution in [3.8, 4) is 0 Å². The van der Waals surface area contributed by atoms with Gasteiger partial charge in [0, 0.05) is 26.5 Å². The SMILES string of the molecule is O=S1(=O)C[C@@H]2N=C(SCc3ccccc3Cl)N(c3cc(Cl)cc(Cl)c3)[C@@H]2C1. The number of halogens is 3. The Morgan fingerprint density at radius 1 is 1.07 bits per heavy atom. The lowest BCUT2D eigenvalue weighted by Gasteiger charge is -2.27. The van der Waals surface area contributed by atoms with Crippen LogP contribution in [0.2, 0.25) is 15.1 Å². The molecule has 0 bridgehead atoms. The number of fused-ring (bicyclic) bond motifs is 1. The first-order valence-electron chi connectivity index (χ1n) is 8.22. The minimum atomic E-state index is -3.11. The van der Waals surface area contributed by atoms with Gasteiger partial charge in [-0.25, -0.2) is 8.42 Å². The molecule has 1 saturated heterocycles. The number of amidine groups is 1. The fourth-order valence-corrected chi connectivity index (χ4v) is 7.14. The number of nitrogens with zero attached hydrogens (tertiary/aromatic N) is 2. The zero-order chi connectivity index (χ0) is 19.2. The highest BCUT2D eigenvalue weighted by Crippen LogP contribution is 2.38. The third kappa shape index (κ3) is 4.10. The number of anilines is 1. The standard InChI is InChI=1S/C18H15Cl3N2O2S2/c19-12-5-13(20)7-14(6-12)23-17-10-27(24,25)9-16(17)22-18(23)26-8-11-3-1-2-4-15(11)21/h1-7,16-17H,8-10H2/t16-,17+/m0/s1. The predicted octanol–water partition coefficient (Wildman–Crippen LogP) is 4.92. The Labute approximate surface area is 177 Å². The second-order valence-electron chi connectivity index (χ2n) is 6.50. The van der Waals surface area contributed by atoms with Crippen LogP contribution in [0, 0.1) is 0 Å². The Hall–Kier alpha value is -0.920. The van der Waals surface area contributed by atoms with Crippen LogP contribution in [0.4, 0.5) is 5.69 Å². The molecule has 0 saturated carbocycles. The van der Waals surface area contributed by atoms with Crippen molar-refractivity contribution in [1.82, 2.24) is 0 Å². The van der Waals surface area contributed by atoms with E-state index in [4.69, 9.17) is 39.8 Å². The molecule has 0 spiro atoms. The van der Waals surface area contributed by atoms with E-state index < -0.39 is 9.84 Å². The van der Waals surface area contributed by atoms with Crippen molar-refractivity contribution in [2.45, 2.75) is 17.8 Å². The average molecular weight is 462 g/mol. The zero-order valence-electron chi connectivity index (χ0n) is 14.0. The second-order valence-corrected chi connectivity index (χ2v) is 10.9. The maximum absolute atomic E-state index is 12.1. The number of sulfone groups is 1. The maximum atomic E-state index is 12.1. The van der Waals surface area contributed by atoms with E-state index in [9.17, 15) is 8.42 Å². The molecule has 2 aliphatic rings. The molecule has 2 aliphatic heterocycles. The average Bonchev–Trinajstić information content (AvgIpc) is 3.04. The first kappa shape index (κ1) is 19.4. The molecule has 2 aromatic rings. The summed E-state index contributed by atoms with van der Waals surface area (Å²) in [6, 6.07) is 12.4. The largest absolute Gasteiger partial charge is 0.315 e. The Bertz CT molecular complexity index is 1010. The van der Waals surface area contributed by atoms with Crippen LogP contribution in [0.5, 0.6) is 0 Å². The zero-order valence-corrected chi connectivity index (χ0v) is 17.9. The molecule has 0 amide bonds. The van der Waals surface area contributed by atoms with Crippen LogP contribution in [-0.4, -0.2) is 37.2 Å². The van der Waals surface area contributed by atoms with Gasteiger partial charge in [-0.05, 0) is 29.8 Å². The van der Waals surface area contributed by atoms with Crippen LogP contribution in [0.3, 0.4) is 0 Å². The van der Waals surface area contributed by atoms with Crippen molar-refractivity contribution in [2.24, 2.45) is 4.99 Å². The predicted molar refractivity (Wildman–Crippen MR) is 115 cm³/mol. The Morgan fingerprint density at radius 3 is 2.48 bits per heavy atom. The number of benzene rings is 2. The van der Waals surface area contributed by atoms with Gasteiger partial charge in [-0.1, -0.05) is 64.8 Å². The molecular weight excluding hydrogens is 447 g/mol. The van der Waals surface area contributed by atoms with Gasteiger partial charge in [0.05, 0.1) is 23.6 Å². The summed E-state index contributed by atoms with van der Waals surface area (Å²) in [6.07, 6.45) is 0. The minimum absolute atomic E-state index is 0.0681. The van der Waals surface area contributed by atoms with Gasteiger partial charge in [0.15, 0.2) is 15.0 Å². The highest BCUT2D eigenvalue weighted by Gasteiger charge is 2.47. The highest BCUT2D eigenvalue weighted by atomic mass is 35.5. The molecule has 0 N–H and O–H groups in total. The third-order valence-electron chi connectivity index (χ3n) is 4.55. The first-order chi connectivity index (χ1) is 12.8. The van der Waals surface area contributed by atoms with Gasteiger partial charge in [-0.15, -0.1) is 0 Å². The lowest BCUT2D eigenvalue weighted by Crippen LogP contribution is -2.39. The van der Waals surface area contributed by atoms with Crippen LogP contribution < -0.4 is 4.90 Å². The van der Waals surface area contributed by atoms with Gasteiger partial charge in [-0.3, -0.25) is 4.99 Å². The maximum Gasteiger partial charge on any atom is 0.164 e. The molecule has 2 atom stereocenters. The number of hydrogen-bond acceptors (Lipinski definition) is 5. The fraction of sp³-hybridized carbons (Fsp3) is 0.278. The fourth-order valence-electron chi connectivity index (χ4n) is 3.37. The van der Waals surface area contributed by atoms with E-state index >= 15 is 0 Å². The van der Waals surface area contributed by atoms with E-state index in [-0.39, 0.29) is 23.6 Å². The van der Waals surface area contributed by atoms with Gasteiger partial charge in [0.25, 0.3) is 0 Å². The van der Waals surface area contributed by atoms with E-state index in [1.165, 1.54) is 11.8 Å². The first-order valence-corrected chi connectivity index (χ1v) is 12.2. The van der Waals surface area contributed by atoms with Gasteiger partial charge >= 0.3 is 0 Å². The van der Waals surface area contributed by atoms with Crippen molar-refractivity contribution in [1.29, 1.82) is 0 Å². The number of aliphatic imine (C=N–C) groups is 1. The third-order valence-corrected chi connectivity index (χ3v) is 8.07. The van der Waals surface area contributed by atoms with Gasteiger partial charge in [0.2, 0.25) is 0 Å². The highest BCUT2D eigenvalue weighted by molar-refractivity contribution is 8.13.